The van der Waals surface area contributed by atoms with Gasteiger partial charge in [0.2, 0.25) is 5.91 Å². The molecule has 0 saturated heterocycles. The lowest BCUT2D eigenvalue weighted by atomic mass is 10.0. The highest BCUT2D eigenvalue weighted by Gasteiger charge is 2.23. The number of aromatic nitrogens is 2. The van der Waals surface area contributed by atoms with E-state index in [1.807, 2.05) is 55.1 Å². The summed E-state index contributed by atoms with van der Waals surface area (Å²) in [6, 6.07) is 12.2. The Balaban J connectivity index is 1.48. The second-order valence-electron chi connectivity index (χ2n) is 7.72. The molecule has 8 heteroatoms. The van der Waals surface area contributed by atoms with Crippen LogP contribution in [-0.4, -0.2) is 27.4 Å². The molecule has 1 unspecified atom stereocenters. The van der Waals surface area contributed by atoms with E-state index in [2.05, 4.69) is 15.6 Å². The van der Waals surface area contributed by atoms with Crippen LogP contribution in [0.2, 0.25) is 0 Å². The van der Waals surface area contributed by atoms with Crippen molar-refractivity contribution >= 4 is 33.4 Å². The smallest absolute Gasteiger partial charge is 0.251 e. The van der Waals surface area contributed by atoms with Gasteiger partial charge in [-0.25, -0.2) is 4.98 Å². The van der Waals surface area contributed by atoms with Gasteiger partial charge in [-0.15, -0.1) is 0 Å². The predicted octanol–water partition coefficient (Wildman–Crippen LogP) is 4.14. The standard InChI is InChI=1S/C23H24N4O3S/c1-15(2)12-19(22(29)24-14-17-6-5-11-30-17)25-21(28)16-7-8-18-20(13-16)31-23(26-18)27-9-3-4-10-27/h3-11,13,15,19H,12,14H2,1-2H3,(H,24,29)(H,25,28). The summed E-state index contributed by atoms with van der Waals surface area (Å²) in [6.07, 6.45) is 5.97. The molecule has 0 saturated carbocycles. The molecule has 0 bridgehead atoms. The first-order chi connectivity index (χ1) is 15.0. The number of benzene rings is 1. The Labute approximate surface area is 184 Å². The third-order valence-corrected chi connectivity index (χ3v) is 5.84. The summed E-state index contributed by atoms with van der Waals surface area (Å²) in [5.74, 6) is 0.397. The first-order valence-corrected chi connectivity index (χ1v) is 11.0. The lowest BCUT2D eigenvalue weighted by molar-refractivity contribution is -0.123. The number of carbonyl (C=O) groups excluding carboxylic acids is 2. The first kappa shape index (κ1) is 20.9. The largest absolute Gasteiger partial charge is 0.467 e. The molecule has 1 atom stereocenters. The molecule has 3 aromatic heterocycles. The second-order valence-corrected chi connectivity index (χ2v) is 8.73. The molecular weight excluding hydrogens is 412 g/mol. The van der Waals surface area contributed by atoms with Gasteiger partial charge in [0.25, 0.3) is 5.91 Å². The topological polar surface area (TPSA) is 89.2 Å². The van der Waals surface area contributed by atoms with E-state index in [9.17, 15) is 9.59 Å². The van der Waals surface area contributed by atoms with Gasteiger partial charge in [-0.2, -0.15) is 0 Å². The third-order valence-electron chi connectivity index (χ3n) is 4.81. The maximum absolute atomic E-state index is 12.9. The summed E-state index contributed by atoms with van der Waals surface area (Å²) < 4.78 is 8.11. The molecule has 2 N–H and O–H groups in total. The molecule has 1 aromatic carbocycles. The zero-order valence-electron chi connectivity index (χ0n) is 17.4. The van der Waals surface area contributed by atoms with E-state index in [1.165, 1.54) is 11.3 Å². The monoisotopic (exact) mass is 436 g/mol. The average molecular weight is 437 g/mol. The van der Waals surface area contributed by atoms with Gasteiger partial charge in [-0.1, -0.05) is 25.2 Å². The van der Waals surface area contributed by atoms with E-state index in [1.54, 1.807) is 24.5 Å². The molecule has 2 amide bonds. The summed E-state index contributed by atoms with van der Waals surface area (Å²) >= 11 is 1.51. The Bertz CT molecular complexity index is 1160. The predicted molar refractivity (Wildman–Crippen MR) is 120 cm³/mol. The molecular formula is C23H24N4O3S. The number of thiazole rings is 1. The van der Waals surface area contributed by atoms with Crippen LogP contribution in [0, 0.1) is 5.92 Å². The molecule has 0 spiro atoms. The normalized spacial score (nSPS) is 12.2. The van der Waals surface area contributed by atoms with Crippen molar-refractivity contribution in [2.75, 3.05) is 0 Å². The Hall–Kier alpha value is -3.39. The van der Waals surface area contributed by atoms with Crippen LogP contribution in [0.15, 0.2) is 65.5 Å². The molecule has 31 heavy (non-hydrogen) atoms. The molecule has 0 aliphatic carbocycles. The first-order valence-electron chi connectivity index (χ1n) is 10.1. The van der Waals surface area contributed by atoms with Crippen LogP contribution < -0.4 is 10.6 Å². The number of nitrogens with zero attached hydrogens (tertiary/aromatic N) is 2. The minimum Gasteiger partial charge on any atom is -0.467 e. The van der Waals surface area contributed by atoms with Gasteiger partial charge >= 0.3 is 0 Å². The van der Waals surface area contributed by atoms with Crippen molar-refractivity contribution in [1.29, 1.82) is 0 Å². The average Bonchev–Trinajstić information content (AvgIpc) is 3.51. The van der Waals surface area contributed by atoms with E-state index in [-0.39, 0.29) is 24.3 Å². The fourth-order valence-electron chi connectivity index (χ4n) is 3.28. The van der Waals surface area contributed by atoms with Crippen LogP contribution in [0.3, 0.4) is 0 Å². The van der Waals surface area contributed by atoms with Gasteiger partial charge in [0.15, 0.2) is 5.13 Å². The van der Waals surface area contributed by atoms with Gasteiger partial charge < -0.3 is 19.6 Å². The fraction of sp³-hybridized carbons (Fsp3) is 0.261. The van der Waals surface area contributed by atoms with E-state index in [4.69, 9.17) is 4.42 Å². The van der Waals surface area contributed by atoms with E-state index >= 15 is 0 Å². The summed E-state index contributed by atoms with van der Waals surface area (Å²) in [5, 5.41) is 6.57. The Morgan fingerprint density at radius 3 is 2.68 bits per heavy atom. The van der Waals surface area contributed by atoms with Gasteiger partial charge in [-0.05, 0) is 54.8 Å². The zero-order chi connectivity index (χ0) is 21.8. The van der Waals surface area contributed by atoms with Crippen molar-refractivity contribution in [3.63, 3.8) is 0 Å². The van der Waals surface area contributed by atoms with Crippen LogP contribution in [0.5, 0.6) is 0 Å². The van der Waals surface area contributed by atoms with Crippen LogP contribution >= 0.6 is 11.3 Å². The highest BCUT2D eigenvalue weighted by atomic mass is 32.1. The molecule has 7 nitrogen and oxygen atoms in total. The number of hydrogen-bond donors (Lipinski definition) is 2. The minimum atomic E-state index is -0.630. The number of rotatable bonds is 8. The molecule has 160 valence electrons. The van der Waals surface area contributed by atoms with Crippen molar-refractivity contribution in [3.05, 3.63) is 72.4 Å². The SMILES string of the molecule is CC(C)CC(NC(=O)c1ccc2nc(-n3cccc3)sc2c1)C(=O)NCc1ccco1. The van der Waals surface area contributed by atoms with Gasteiger partial charge in [0.1, 0.15) is 11.8 Å². The molecule has 4 aromatic rings. The minimum absolute atomic E-state index is 0.229. The Morgan fingerprint density at radius 1 is 1.16 bits per heavy atom. The van der Waals surface area contributed by atoms with Crippen LogP contribution in [0.25, 0.3) is 15.3 Å². The van der Waals surface area contributed by atoms with Crippen LogP contribution in [0.4, 0.5) is 0 Å². The van der Waals surface area contributed by atoms with Crippen molar-refractivity contribution in [2.45, 2.75) is 32.9 Å². The van der Waals surface area contributed by atoms with Crippen molar-refractivity contribution < 1.29 is 14.0 Å². The fourth-order valence-corrected chi connectivity index (χ4v) is 4.25. The van der Waals surface area contributed by atoms with Crippen molar-refractivity contribution in [2.24, 2.45) is 5.92 Å². The van der Waals surface area contributed by atoms with Gasteiger partial charge in [0, 0.05) is 18.0 Å². The molecule has 3 heterocycles. The van der Waals surface area contributed by atoms with E-state index < -0.39 is 6.04 Å². The summed E-state index contributed by atoms with van der Waals surface area (Å²) in [5.41, 5.74) is 1.34. The Kier molecular flexibility index (Phi) is 6.18. The van der Waals surface area contributed by atoms with Crippen LogP contribution in [0.1, 0.15) is 36.4 Å². The molecule has 0 radical (unpaired) electrons. The molecule has 4 rings (SSSR count). The van der Waals surface area contributed by atoms with Crippen LogP contribution in [-0.2, 0) is 11.3 Å². The number of furan rings is 1. The van der Waals surface area contributed by atoms with Crippen molar-refractivity contribution in [3.8, 4) is 5.13 Å². The third kappa shape index (κ3) is 5.03. The maximum atomic E-state index is 12.9. The molecule has 0 aliphatic rings. The molecule has 0 aliphatic heterocycles. The summed E-state index contributed by atoms with van der Waals surface area (Å²) in [4.78, 5) is 30.2. The lowest BCUT2D eigenvalue weighted by Gasteiger charge is -2.20. The highest BCUT2D eigenvalue weighted by Crippen LogP contribution is 2.26. The number of carbonyl (C=O) groups is 2. The molecule has 0 fully saturated rings. The van der Waals surface area contributed by atoms with E-state index in [0.717, 1.165) is 15.3 Å². The highest BCUT2D eigenvalue weighted by molar-refractivity contribution is 7.20. The number of fused-ring (bicyclic) bond motifs is 1. The lowest BCUT2D eigenvalue weighted by Crippen LogP contribution is -2.47. The number of amides is 2. The van der Waals surface area contributed by atoms with Gasteiger partial charge in [0.05, 0.1) is 23.0 Å². The van der Waals surface area contributed by atoms with E-state index in [0.29, 0.717) is 17.7 Å². The van der Waals surface area contributed by atoms with Crippen molar-refractivity contribution in [1.82, 2.24) is 20.2 Å². The summed E-state index contributed by atoms with van der Waals surface area (Å²) in [7, 11) is 0. The second kappa shape index (κ2) is 9.18. The zero-order valence-corrected chi connectivity index (χ0v) is 18.2. The Morgan fingerprint density at radius 2 is 1.97 bits per heavy atom. The maximum Gasteiger partial charge on any atom is 0.251 e. The summed E-state index contributed by atoms with van der Waals surface area (Å²) in [6.45, 7) is 4.32. The number of nitrogens with one attached hydrogen (secondary N) is 2. The van der Waals surface area contributed by atoms with Gasteiger partial charge in [-0.3, -0.25) is 9.59 Å². The quantitative estimate of drug-likeness (QED) is 0.434. The number of hydrogen-bond acceptors (Lipinski definition) is 5.